The van der Waals surface area contributed by atoms with E-state index in [2.05, 4.69) is 17.4 Å². The lowest BCUT2D eigenvalue weighted by Gasteiger charge is -2.14. The molecule has 29 heavy (non-hydrogen) atoms. The average molecular weight is 414 g/mol. The zero-order valence-corrected chi connectivity index (χ0v) is 18.0. The van der Waals surface area contributed by atoms with Crippen LogP contribution in [0.25, 0.3) is 10.9 Å². The highest BCUT2D eigenvalue weighted by atomic mass is 32.2. The summed E-state index contributed by atoms with van der Waals surface area (Å²) in [6.45, 7) is 1.99. The Bertz CT molecular complexity index is 1120. The molecule has 1 heterocycles. The van der Waals surface area contributed by atoms with Crippen LogP contribution in [0.15, 0.2) is 59.5 Å². The lowest BCUT2D eigenvalue weighted by Crippen LogP contribution is -2.33. The molecule has 3 rings (SSSR count). The Labute approximate surface area is 172 Å². The SMILES string of the molecule is C[C@H](CCc1ccccc1)NC(=O)c1cc2cc(S(=O)(=O)N(C)C)ccc2n1C. The number of fused-ring (bicyclic) bond motifs is 1. The van der Waals surface area contributed by atoms with Gasteiger partial charge in [0.25, 0.3) is 5.91 Å². The Hall–Kier alpha value is -2.64. The van der Waals surface area contributed by atoms with Gasteiger partial charge in [-0.25, -0.2) is 12.7 Å². The Morgan fingerprint density at radius 3 is 2.45 bits per heavy atom. The van der Waals surface area contributed by atoms with Gasteiger partial charge in [0.2, 0.25) is 10.0 Å². The van der Waals surface area contributed by atoms with Crippen molar-refractivity contribution >= 4 is 26.8 Å². The fraction of sp³-hybridized carbons (Fsp3) is 0.318. The zero-order valence-electron chi connectivity index (χ0n) is 17.2. The van der Waals surface area contributed by atoms with Gasteiger partial charge >= 0.3 is 0 Å². The van der Waals surface area contributed by atoms with E-state index in [1.807, 2.05) is 32.2 Å². The van der Waals surface area contributed by atoms with Crippen molar-refractivity contribution in [2.45, 2.75) is 30.7 Å². The van der Waals surface area contributed by atoms with E-state index < -0.39 is 10.0 Å². The molecule has 0 saturated carbocycles. The Balaban J connectivity index is 1.76. The molecule has 6 nitrogen and oxygen atoms in total. The molecule has 1 N–H and O–H groups in total. The number of sulfonamides is 1. The molecule has 0 saturated heterocycles. The molecule has 0 aliphatic carbocycles. The van der Waals surface area contributed by atoms with Crippen molar-refractivity contribution in [1.82, 2.24) is 14.2 Å². The number of hydrogen-bond acceptors (Lipinski definition) is 3. The Kier molecular flexibility index (Phi) is 6.10. The molecular weight excluding hydrogens is 386 g/mol. The second kappa shape index (κ2) is 8.39. The van der Waals surface area contributed by atoms with E-state index >= 15 is 0 Å². The quantitative estimate of drug-likeness (QED) is 0.647. The predicted molar refractivity (Wildman–Crippen MR) is 115 cm³/mol. The molecule has 1 atom stereocenters. The number of nitrogens with zero attached hydrogens (tertiary/aromatic N) is 2. The molecule has 2 aromatic carbocycles. The topological polar surface area (TPSA) is 71.4 Å². The first kappa shape index (κ1) is 21.1. The van der Waals surface area contributed by atoms with E-state index in [9.17, 15) is 13.2 Å². The number of hydrogen-bond donors (Lipinski definition) is 1. The van der Waals surface area contributed by atoms with Crippen molar-refractivity contribution < 1.29 is 13.2 Å². The highest BCUT2D eigenvalue weighted by Gasteiger charge is 2.20. The van der Waals surface area contributed by atoms with Crippen molar-refractivity contribution in [2.24, 2.45) is 7.05 Å². The number of amides is 1. The summed E-state index contributed by atoms with van der Waals surface area (Å²) in [5, 5.41) is 3.76. The van der Waals surface area contributed by atoms with Crippen LogP contribution in [-0.4, -0.2) is 43.3 Å². The molecule has 1 amide bonds. The summed E-state index contributed by atoms with van der Waals surface area (Å²) in [7, 11) is 1.29. The highest BCUT2D eigenvalue weighted by Crippen LogP contribution is 2.24. The summed E-state index contributed by atoms with van der Waals surface area (Å²) >= 11 is 0. The number of aromatic nitrogens is 1. The molecule has 1 aromatic heterocycles. The van der Waals surface area contributed by atoms with Gasteiger partial charge in [-0.15, -0.1) is 0 Å². The number of benzene rings is 2. The van der Waals surface area contributed by atoms with Gasteiger partial charge in [0.15, 0.2) is 0 Å². The number of carbonyl (C=O) groups excluding carboxylic acids is 1. The van der Waals surface area contributed by atoms with E-state index in [1.54, 1.807) is 28.8 Å². The fourth-order valence-corrected chi connectivity index (χ4v) is 4.25. The second-order valence-corrected chi connectivity index (χ2v) is 9.65. The minimum absolute atomic E-state index is 0.0189. The monoisotopic (exact) mass is 413 g/mol. The van der Waals surface area contributed by atoms with E-state index in [-0.39, 0.29) is 16.8 Å². The van der Waals surface area contributed by atoms with Crippen molar-refractivity contribution in [3.8, 4) is 0 Å². The maximum absolute atomic E-state index is 12.8. The van der Waals surface area contributed by atoms with Gasteiger partial charge in [-0.3, -0.25) is 4.79 Å². The minimum atomic E-state index is -3.52. The van der Waals surface area contributed by atoms with Crippen LogP contribution in [0.3, 0.4) is 0 Å². The molecule has 0 fully saturated rings. The van der Waals surface area contributed by atoms with Crippen LogP contribution in [0.5, 0.6) is 0 Å². The maximum atomic E-state index is 12.8. The number of nitrogens with one attached hydrogen (secondary N) is 1. The van der Waals surface area contributed by atoms with Crippen molar-refractivity contribution in [2.75, 3.05) is 14.1 Å². The van der Waals surface area contributed by atoms with Crippen LogP contribution in [0.4, 0.5) is 0 Å². The molecule has 154 valence electrons. The number of aryl methyl sites for hydroxylation is 2. The third-order valence-corrected chi connectivity index (χ3v) is 6.92. The van der Waals surface area contributed by atoms with Gasteiger partial charge < -0.3 is 9.88 Å². The van der Waals surface area contributed by atoms with Crippen molar-refractivity contribution in [1.29, 1.82) is 0 Å². The van der Waals surface area contributed by atoms with Gasteiger partial charge in [0, 0.05) is 38.1 Å². The lowest BCUT2D eigenvalue weighted by molar-refractivity contribution is 0.0930. The van der Waals surface area contributed by atoms with Crippen molar-refractivity contribution in [3.05, 3.63) is 65.9 Å². The predicted octanol–water partition coefficient (Wildman–Crippen LogP) is 3.18. The van der Waals surface area contributed by atoms with Gasteiger partial charge in [-0.05, 0) is 49.6 Å². The summed E-state index contributed by atoms with van der Waals surface area (Å²) in [4.78, 5) is 13.0. The zero-order chi connectivity index (χ0) is 21.2. The normalized spacial score (nSPS) is 13.0. The van der Waals surface area contributed by atoms with E-state index in [0.29, 0.717) is 5.69 Å². The summed E-state index contributed by atoms with van der Waals surface area (Å²) in [6, 6.07) is 16.9. The smallest absolute Gasteiger partial charge is 0.268 e. The third-order valence-electron chi connectivity index (χ3n) is 5.11. The molecular formula is C22H27N3O3S. The standard InChI is InChI=1S/C22H27N3O3S/c1-16(10-11-17-8-6-5-7-9-17)23-22(26)21-15-18-14-19(29(27,28)24(2)3)12-13-20(18)25(21)4/h5-9,12-16H,10-11H2,1-4H3,(H,23,26)/t16-/m1/s1. The van der Waals surface area contributed by atoms with E-state index in [4.69, 9.17) is 0 Å². The maximum Gasteiger partial charge on any atom is 0.268 e. The molecule has 0 unspecified atom stereocenters. The summed E-state index contributed by atoms with van der Waals surface area (Å²) in [5.74, 6) is -0.165. The first-order chi connectivity index (χ1) is 13.7. The van der Waals surface area contributed by atoms with Crippen LogP contribution in [0, 0.1) is 0 Å². The Morgan fingerprint density at radius 1 is 1.10 bits per heavy atom. The molecule has 0 aliphatic rings. The highest BCUT2D eigenvalue weighted by molar-refractivity contribution is 7.89. The van der Waals surface area contributed by atoms with E-state index in [1.165, 1.54) is 24.0 Å². The number of carbonyl (C=O) groups is 1. The van der Waals surface area contributed by atoms with Gasteiger partial charge in [-0.2, -0.15) is 0 Å². The van der Waals surface area contributed by atoms with Crippen LogP contribution in [-0.2, 0) is 23.5 Å². The Morgan fingerprint density at radius 2 is 1.79 bits per heavy atom. The largest absolute Gasteiger partial charge is 0.348 e. The van der Waals surface area contributed by atoms with Crippen LogP contribution in [0.2, 0.25) is 0 Å². The van der Waals surface area contributed by atoms with Crippen LogP contribution >= 0.6 is 0 Å². The van der Waals surface area contributed by atoms with Gasteiger partial charge in [0.05, 0.1) is 4.90 Å². The van der Waals surface area contributed by atoms with E-state index in [0.717, 1.165) is 23.7 Å². The summed E-state index contributed by atoms with van der Waals surface area (Å²) in [6.07, 6.45) is 1.73. The summed E-state index contributed by atoms with van der Waals surface area (Å²) < 4.78 is 27.7. The van der Waals surface area contributed by atoms with Crippen molar-refractivity contribution in [3.63, 3.8) is 0 Å². The molecule has 0 radical (unpaired) electrons. The fourth-order valence-electron chi connectivity index (χ4n) is 3.31. The third kappa shape index (κ3) is 4.52. The molecule has 0 aliphatic heterocycles. The molecule has 3 aromatic rings. The second-order valence-electron chi connectivity index (χ2n) is 7.50. The first-order valence-corrected chi connectivity index (χ1v) is 11.0. The lowest BCUT2D eigenvalue weighted by atomic mass is 10.1. The summed E-state index contributed by atoms with van der Waals surface area (Å²) in [5.41, 5.74) is 2.56. The van der Waals surface area contributed by atoms with Gasteiger partial charge in [0.1, 0.15) is 5.69 Å². The van der Waals surface area contributed by atoms with Gasteiger partial charge in [-0.1, -0.05) is 30.3 Å². The molecule has 0 bridgehead atoms. The average Bonchev–Trinajstić information content (AvgIpc) is 3.03. The molecule has 0 spiro atoms. The molecule has 7 heteroatoms. The first-order valence-electron chi connectivity index (χ1n) is 9.57. The minimum Gasteiger partial charge on any atom is -0.348 e. The van der Waals surface area contributed by atoms with Crippen LogP contribution in [0.1, 0.15) is 29.4 Å². The van der Waals surface area contributed by atoms with Crippen LogP contribution < -0.4 is 5.32 Å². The number of rotatable bonds is 7.